The molecule has 0 fully saturated rings. The molecule has 0 radical (unpaired) electrons. The van der Waals surface area contributed by atoms with Crippen molar-refractivity contribution >= 4 is 35.7 Å². The highest BCUT2D eigenvalue weighted by Gasteiger charge is 2.44. The summed E-state index contributed by atoms with van der Waals surface area (Å²) >= 11 is 2.65. The second-order valence-corrected chi connectivity index (χ2v) is 6.47. The van der Waals surface area contributed by atoms with Crippen molar-refractivity contribution in [2.45, 2.75) is 22.8 Å². The number of hydrogen-bond acceptors (Lipinski definition) is 4. The molecule has 0 N–H and O–H groups in total. The van der Waals surface area contributed by atoms with Gasteiger partial charge in [0.05, 0.1) is 5.56 Å². The third-order valence-electron chi connectivity index (χ3n) is 1.96. The second kappa shape index (κ2) is 5.80. The van der Waals surface area contributed by atoms with Gasteiger partial charge in [-0.2, -0.15) is 13.2 Å². The summed E-state index contributed by atoms with van der Waals surface area (Å²) in [6.45, 7) is 0. The molecule has 0 bridgehead atoms. The van der Waals surface area contributed by atoms with Crippen molar-refractivity contribution in [2.24, 2.45) is 0 Å². The monoisotopic (exact) mass is 421 g/mol. The lowest BCUT2D eigenvalue weighted by Gasteiger charge is -2.17. The Hall–Kier alpha value is -0.750. The van der Waals surface area contributed by atoms with E-state index in [1.165, 1.54) is 0 Å². The molecular formula is C8H3BrClF6NO3S. The second-order valence-electron chi connectivity index (χ2n) is 3.41. The van der Waals surface area contributed by atoms with Gasteiger partial charge < -0.3 is 4.74 Å². The minimum Gasteiger partial charge on any atom is -0.386 e. The summed E-state index contributed by atoms with van der Waals surface area (Å²) < 4.78 is 101. The molecule has 0 aliphatic rings. The number of ether oxygens (including phenoxy) is 1. The zero-order valence-corrected chi connectivity index (χ0v) is 12.5. The van der Waals surface area contributed by atoms with E-state index >= 15 is 0 Å². The Morgan fingerprint density at radius 3 is 2.10 bits per heavy atom. The quantitative estimate of drug-likeness (QED) is 0.422. The van der Waals surface area contributed by atoms with Crippen molar-refractivity contribution in [3.63, 3.8) is 0 Å². The van der Waals surface area contributed by atoms with E-state index in [9.17, 15) is 34.8 Å². The third kappa shape index (κ3) is 4.61. The molecule has 0 aromatic carbocycles. The third-order valence-corrected chi connectivity index (χ3v) is 3.90. The van der Waals surface area contributed by atoms with Crippen LogP contribution in [-0.2, 0) is 20.6 Å². The van der Waals surface area contributed by atoms with E-state index in [0.29, 0.717) is 6.20 Å². The fourth-order valence-corrected chi connectivity index (χ4v) is 2.98. The molecular weight excluding hydrogens is 420 g/mol. The Kier molecular flexibility index (Phi) is 5.05. The maximum absolute atomic E-state index is 12.9. The van der Waals surface area contributed by atoms with Crippen LogP contribution < -0.4 is 4.74 Å². The molecule has 120 valence electrons. The molecule has 21 heavy (non-hydrogen) atoms. The van der Waals surface area contributed by atoms with E-state index in [0.717, 1.165) is 0 Å². The largest absolute Gasteiger partial charge is 0.574 e. The van der Waals surface area contributed by atoms with Crippen LogP contribution in [0.25, 0.3) is 0 Å². The van der Waals surface area contributed by atoms with Crippen LogP contribution in [0.3, 0.4) is 0 Å². The molecule has 1 aromatic heterocycles. The number of alkyl halides is 7. The van der Waals surface area contributed by atoms with Gasteiger partial charge in [-0.3, -0.25) is 0 Å². The van der Waals surface area contributed by atoms with E-state index < -0.39 is 48.8 Å². The lowest BCUT2D eigenvalue weighted by atomic mass is 10.1. The number of hydrogen-bond donors (Lipinski definition) is 0. The van der Waals surface area contributed by atoms with Gasteiger partial charge in [-0.25, -0.2) is 13.4 Å². The van der Waals surface area contributed by atoms with Gasteiger partial charge in [0.25, 0.3) is 9.05 Å². The average Bonchev–Trinajstić information content (AvgIpc) is 2.23. The normalized spacial score (nSPS) is 13.3. The number of pyridine rings is 1. The Balaban J connectivity index is 3.78. The van der Waals surface area contributed by atoms with Crippen molar-refractivity contribution in [3.8, 4) is 5.88 Å². The van der Waals surface area contributed by atoms with Crippen molar-refractivity contribution in [1.82, 2.24) is 4.98 Å². The molecule has 0 saturated heterocycles. The molecule has 1 heterocycles. The molecule has 0 aliphatic heterocycles. The van der Waals surface area contributed by atoms with Gasteiger partial charge in [0.1, 0.15) is 0 Å². The fraction of sp³-hybridized carbons (Fsp3) is 0.375. The first-order valence-electron chi connectivity index (χ1n) is 4.63. The SMILES string of the molecule is O=S(=O)(Cl)c1c(OC(F)(F)F)ncc(CBr)c1C(F)(F)F. The van der Waals surface area contributed by atoms with E-state index in [1.807, 2.05) is 0 Å². The zero-order valence-electron chi connectivity index (χ0n) is 9.39. The molecule has 0 aliphatic carbocycles. The van der Waals surface area contributed by atoms with Crippen LogP contribution >= 0.6 is 26.6 Å². The van der Waals surface area contributed by atoms with E-state index in [-0.39, 0.29) is 0 Å². The smallest absolute Gasteiger partial charge is 0.386 e. The molecule has 0 atom stereocenters. The van der Waals surface area contributed by atoms with Gasteiger partial charge in [0, 0.05) is 22.2 Å². The van der Waals surface area contributed by atoms with Crippen LogP contribution in [0.2, 0.25) is 0 Å². The Labute approximate surface area is 126 Å². The summed E-state index contributed by atoms with van der Waals surface area (Å²) in [5.74, 6) is -1.80. The van der Waals surface area contributed by atoms with Crippen LogP contribution in [0.4, 0.5) is 26.3 Å². The van der Waals surface area contributed by atoms with Gasteiger partial charge in [-0.1, -0.05) is 15.9 Å². The van der Waals surface area contributed by atoms with Gasteiger partial charge >= 0.3 is 12.5 Å². The maximum Gasteiger partial charge on any atom is 0.574 e. The molecule has 1 rings (SSSR count). The minimum absolute atomic E-state index is 0.407. The number of nitrogens with zero attached hydrogens (tertiary/aromatic N) is 1. The zero-order chi connectivity index (χ0) is 16.6. The lowest BCUT2D eigenvalue weighted by molar-refractivity contribution is -0.277. The molecule has 0 unspecified atom stereocenters. The topological polar surface area (TPSA) is 56.3 Å². The number of halogens is 8. The maximum atomic E-state index is 12.9. The highest BCUT2D eigenvalue weighted by Crippen LogP contribution is 2.43. The first kappa shape index (κ1) is 18.3. The number of aromatic nitrogens is 1. The highest BCUT2D eigenvalue weighted by molar-refractivity contribution is 9.08. The first-order valence-corrected chi connectivity index (χ1v) is 8.06. The minimum atomic E-state index is -5.44. The molecule has 4 nitrogen and oxygen atoms in total. The summed E-state index contributed by atoms with van der Waals surface area (Å²) in [7, 11) is -0.406. The standard InChI is InChI=1S/C8H3BrClF6NO3S/c9-1-3-2-17-6(20-8(14,15)16)5(21(10,18)19)4(3)7(11,12)13/h2H,1H2. The van der Waals surface area contributed by atoms with Crippen LogP contribution in [0, 0.1) is 0 Å². The van der Waals surface area contributed by atoms with Gasteiger partial charge in [-0.05, 0) is 5.56 Å². The van der Waals surface area contributed by atoms with Gasteiger partial charge in [-0.15, -0.1) is 13.2 Å². The molecule has 0 saturated carbocycles. The Bertz CT molecular complexity index is 645. The van der Waals surface area contributed by atoms with Crippen molar-refractivity contribution < 1.29 is 39.5 Å². The van der Waals surface area contributed by atoms with E-state index in [2.05, 4.69) is 25.7 Å². The van der Waals surface area contributed by atoms with Crippen LogP contribution in [-0.4, -0.2) is 19.8 Å². The highest BCUT2D eigenvalue weighted by atomic mass is 79.9. The van der Waals surface area contributed by atoms with Crippen LogP contribution in [0.15, 0.2) is 11.1 Å². The Morgan fingerprint density at radius 1 is 1.24 bits per heavy atom. The summed E-state index contributed by atoms with van der Waals surface area (Å²) in [6.07, 6.45) is -10.3. The summed E-state index contributed by atoms with van der Waals surface area (Å²) in [6, 6.07) is 0. The molecule has 0 spiro atoms. The predicted molar refractivity (Wildman–Crippen MR) is 61.6 cm³/mol. The van der Waals surface area contributed by atoms with Crippen molar-refractivity contribution in [1.29, 1.82) is 0 Å². The van der Waals surface area contributed by atoms with E-state index in [4.69, 9.17) is 10.7 Å². The first-order chi connectivity index (χ1) is 9.27. The van der Waals surface area contributed by atoms with Crippen molar-refractivity contribution in [2.75, 3.05) is 0 Å². The van der Waals surface area contributed by atoms with Crippen molar-refractivity contribution in [3.05, 3.63) is 17.3 Å². The predicted octanol–water partition coefficient (Wildman–Crippen LogP) is 3.82. The Morgan fingerprint density at radius 2 is 1.76 bits per heavy atom. The van der Waals surface area contributed by atoms with Crippen LogP contribution in [0.1, 0.15) is 11.1 Å². The van der Waals surface area contributed by atoms with E-state index in [1.54, 1.807) is 0 Å². The molecule has 13 heteroatoms. The fourth-order valence-electron chi connectivity index (χ4n) is 1.33. The summed E-state index contributed by atoms with van der Waals surface area (Å²) in [5, 5.41) is -0.513. The van der Waals surface area contributed by atoms with Crippen LogP contribution in [0.5, 0.6) is 5.88 Å². The summed E-state index contributed by atoms with van der Waals surface area (Å²) in [5.41, 5.74) is -2.58. The van der Waals surface area contributed by atoms with Gasteiger partial charge in [0.15, 0.2) is 4.90 Å². The number of rotatable bonds is 3. The average molecular weight is 423 g/mol. The molecule has 1 aromatic rings. The lowest BCUT2D eigenvalue weighted by Crippen LogP contribution is -2.22. The molecule has 0 amide bonds. The van der Waals surface area contributed by atoms with Gasteiger partial charge in [0.2, 0.25) is 5.88 Å². The summed E-state index contributed by atoms with van der Waals surface area (Å²) in [4.78, 5) is 1.06.